The van der Waals surface area contributed by atoms with Crippen molar-refractivity contribution in [3.8, 4) is 0 Å². The standard InChI is InChI=1S/C11H12F2N2O/c1-7-2-4-8(5-3-7)15-9(10(12)13)6-14-11(15)16/h2-5,9-10H,6H2,1H3,(H,14,16)/t9-/m1/s1. The number of aryl methyl sites for hydroxylation is 1. The first-order chi connectivity index (χ1) is 7.59. The lowest BCUT2D eigenvalue weighted by Gasteiger charge is -2.22. The van der Waals surface area contributed by atoms with Crippen LogP contribution in [0.1, 0.15) is 5.56 Å². The summed E-state index contributed by atoms with van der Waals surface area (Å²) < 4.78 is 25.4. The largest absolute Gasteiger partial charge is 0.335 e. The molecule has 1 heterocycles. The molecule has 0 radical (unpaired) electrons. The first kappa shape index (κ1) is 10.9. The Labute approximate surface area is 92.1 Å². The fourth-order valence-electron chi connectivity index (χ4n) is 1.73. The number of halogens is 2. The quantitative estimate of drug-likeness (QED) is 0.823. The van der Waals surface area contributed by atoms with Gasteiger partial charge in [-0.05, 0) is 19.1 Å². The second kappa shape index (κ2) is 4.08. The van der Waals surface area contributed by atoms with Crippen molar-refractivity contribution in [1.29, 1.82) is 0 Å². The first-order valence-corrected chi connectivity index (χ1v) is 5.01. The maximum atomic E-state index is 12.7. The molecule has 0 bridgehead atoms. The Morgan fingerprint density at radius 2 is 2.00 bits per heavy atom. The number of nitrogens with zero attached hydrogens (tertiary/aromatic N) is 1. The van der Waals surface area contributed by atoms with Crippen molar-refractivity contribution in [2.24, 2.45) is 0 Å². The Morgan fingerprint density at radius 3 is 2.56 bits per heavy atom. The molecule has 1 aliphatic rings. The van der Waals surface area contributed by atoms with Crippen molar-refractivity contribution in [3.05, 3.63) is 29.8 Å². The molecule has 2 amide bonds. The van der Waals surface area contributed by atoms with E-state index >= 15 is 0 Å². The SMILES string of the molecule is Cc1ccc(N2C(=O)NC[C@@H]2C(F)F)cc1. The molecule has 0 aliphatic carbocycles. The average Bonchev–Trinajstić information content (AvgIpc) is 2.62. The molecule has 1 fully saturated rings. The van der Waals surface area contributed by atoms with Crippen molar-refractivity contribution in [2.45, 2.75) is 19.4 Å². The van der Waals surface area contributed by atoms with Crippen LogP contribution in [0, 0.1) is 6.92 Å². The topological polar surface area (TPSA) is 32.3 Å². The minimum Gasteiger partial charge on any atom is -0.335 e. The van der Waals surface area contributed by atoms with Gasteiger partial charge in [-0.25, -0.2) is 13.6 Å². The van der Waals surface area contributed by atoms with Crippen LogP contribution in [0.4, 0.5) is 19.3 Å². The highest BCUT2D eigenvalue weighted by Crippen LogP contribution is 2.24. The molecule has 16 heavy (non-hydrogen) atoms. The normalized spacial score (nSPS) is 20.4. The molecule has 1 aliphatic heterocycles. The number of urea groups is 1. The van der Waals surface area contributed by atoms with E-state index in [0.29, 0.717) is 5.69 Å². The summed E-state index contributed by atoms with van der Waals surface area (Å²) in [5.74, 6) is 0. The summed E-state index contributed by atoms with van der Waals surface area (Å²) in [5.41, 5.74) is 1.53. The molecule has 1 aromatic carbocycles. The number of alkyl halides is 2. The molecule has 3 nitrogen and oxygen atoms in total. The van der Waals surface area contributed by atoms with Crippen LogP contribution >= 0.6 is 0 Å². The lowest BCUT2D eigenvalue weighted by Crippen LogP contribution is -2.38. The fraction of sp³-hybridized carbons (Fsp3) is 0.364. The Morgan fingerprint density at radius 1 is 1.38 bits per heavy atom. The Kier molecular flexibility index (Phi) is 2.77. The predicted molar refractivity (Wildman–Crippen MR) is 56.8 cm³/mol. The second-order valence-electron chi connectivity index (χ2n) is 3.79. The molecule has 5 heteroatoms. The van der Waals surface area contributed by atoms with Crippen LogP contribution in [-0.4, -0.2) is 25.0 Å². The van der Waals surface area contributed by atoms with E-state index in [2.05, 4.69) is 5.32 Å². The lowest BCUT2D eigenvalue weighted by molar-refractivity contribution is 0.122. The Bertz CT molecular complexity index is 391. The molecule has 1 aromatic rings. The number of carbonyl (C=O) groups is 1. The lowest BCUT2D eigenvalue weighted by atomic mass is 10.2. The van der Waals surface area contributed by atoms with E-state index in [1.54, 1.807) is 24.3 Å². The Hall–Kier alpha value is -1.65. The molecule has 0 spiro atoms. The Balaban J connectivity index is 2.30. The van der Waals surface area contributed by atoms with Crippen molar-refractivity contribution in [3.63, 3.8) is 0 Å². The van der Waals surface area contributed by atoms with E-state index in [1.807, 2.05) is 6.92 Å². The summed E-state index contributed by atoms with van der Waals surface area (Å²) >= 11 is 0. The molecule has 1 saturated heterocycles. The van der Waals surface area contributed by atoms with Crippen LogP contribution in [0.2, 0.25) is 0 Å². The van der Waals surface area contributed by atoms with Crippen molar-refractivity contribution in [1.82, 2.24) is 5.32 Å². The molecule has 2 rings (SSSR count). The highest BCUT2D eigenvalue weighted by molar-refractivity contribution is 5.95. The van der Waals surface area contributed by atoms with Gasteiger partial charge in [0.2, 0.25) is 0 Å². The van der Waals surface area contributed by atoms with Gasteiger partial charge in [-0.3, -0.25) is 4.90 Å². The number of anilines is 1. The number of hydrogen-bond donors (Lipinski definition) is 1. The monoisotopic (exact) mass is 226 g/mol. The van der Waals surface area contributed by atoms with Gasteiger partial charge in [0.1, 0.15) is 6.04 Å². The molecular formula is C11H12F2N2O. The molecule has 0 unspecified atom stereocenters. The zero-order valence-electron chi connectivity index (χ0n) is 8.78. The number of carbonyl (C=O) groups excluding carboxylic acids is 1. The highest BCUT2D eigenvalue weighted by atomic mass is 19.3. The van der Waals surface area contributed by atoms with E-state index in [1.165, 1.54) is 0 Å². The number of hydrogen-bond acceptors (Lipinski definition) is 1. The van der Waals surface area contributed by atoms with Gasteiger partial charge in [0, 0.05) is 12.2 Å². The van der Waals surface area contributed by atoms with Gasteiger partial charge in [0.25, 0.3) is 6.43 Å². The minimum atomic E-state index is -2.54. The average molecular weight is 226 g/mol. The van der Waals surface area contributed by atoms with E-state index in [-0.39, 0.29) is 6.54 Å². The van der Waals surface area contributed by atoms with E-state index in [9.17, 15) is 13.6 Å². The van der Waals surface area contributed by atoms with Crippen molar-refractivity contribution < 1.29 is 13.6 Å². The van der Waals surface area contributed by atoms with Crippen molar-refractivity contribution in [2.75, 3.05) is 11.4 Å². The fourth-order valence-corrected chi connectivity index (χ4v) is 1.73. The van der Waals surface area contributed by atoms with Crippen LogP contribution in [0.3, 0.4) is 0 Å². The number of rotatable bonds is 2. The van der Waals surface area contributed by atoms with Gasteiger partial charge in [-0.2, -0.15) is 0 Å². The molecule has 86 valence electrons. The van der Waals surface area contributed by atoms with E-state index < -0.39 is 18.5 Å². The highest BCUT2D eigenvalue weighted by Gasteiger charge is 2.37. The van der Waals surface area contributed by atoms with Gasteiger partial charge in [0.05, 0.1) is 0 Å². The van der Waals surface area contributed by atoms with E-state index in [0.717, 1.165) is 10.5 Å². The van der Waals surface area contributed by atoms with Gasteiger partial charge in [0.15, 0.2) is 0 Å². The van der Waals surface area contributed by atoms with Gasteiger partial charge in [-0.1, -0.05) is 17.7 Å². The molecule has 1 atom stereocenters. The first-order valence-electron chi connectivity index (χ1n) is 5.01. The summed E-state index contributed by atoms with van der Waals surface area (Å²) in [6.07, 6.45) is -2.54. The van der Waals surface area contributed by atoms with Crippen LogP contribution in [0.5, 0.6) is 0 Å². The van der Waals surface area contributed by atoms with Gasteiger partial charge in [-0.15, -0.1) is 0 Å². The number of nitrogens with one attached hydrogen (secondary N) is 1. The number of benzene rings is 1. The summed E-state index contributed by atoms with van der Waals surface area (Å²) in [4.78, 5) is 12.6. The zero-order chi connectivity index (χ0) is 11.7. The summed E-state index contributed by atoms with van der Waals surface area (Å²) in [6, 6.07) is 5.40. The minimum absolute atomic E-state index is 0.00955. The maximum absolute atomic E-state index is 12.7. The molecule has 0 aromatic heterocycles. The summed E-state index contributed by atoms with van der Waals surface area (Å²) in [5, 5.41) is 2.42. The van der Waals surface area contributed by atoms with Crippen LogP contribution in [0.25, 0.3) is 0 Å². The van der Waals surface area contributed by atoms with Gasteiger partial charge >= 0.3 is 6.03 Å². The number of amides is 2. The van der Waals surface area contributed by atoms with Crippen LogP contribution in [0.15, 0.2) is 24.3 Å². The van der Waals surface area contributed by atoms with Crippen molar-refractivity contribution >= 4 is 11.7 Å². The summed E-state index contributed by atoms with van der Waals surface area (Å²) in [7, 11) is 0. The molecular weight excluding hydrogens is 214 g/mol. The third-order valence-electron chi connectivity index (χ3n) is 2.62. The van der Waals surface area contributed by atoms with Gasteiger partial charge < -0.3 is 5.32 Å². The third kappa shape index (κ3) is 1.85. The van der Waals surface area contributed by atoms with E-state index in [4.69, 9.17) is 0 Å². The van der Waals surface area contributed by atoms with Crippen LogP contribution in [-0.2, 0) is 0 Å². The molecule has 1 N–H and O–H groups in total. The third-order valence-corrected chi connectivity index (χ3v) is 2.62. The zero-order valence-corrected chi connectivity index (χ0v) is 8.78. The second-order valence-corrected chi connectivity index (χ2v) is 3.79. The summed E-state index contributed by atoms with van der Waals surface area (Å²) in [6.45, 7) is 1.89. The maximum Gasteiger partial charge on any atom is 0.322 e. The molecule has 0 saturated carbocycles. The van der Waals surface area contributed by atoms with Crippen LogP contribution < -0.4 is 10.2 Å². The smallest absolute Gasteiger partial charge is 0.322 e. The predicted octanol–water partition coefficient (Wildman–Crippen LogP) is 2.16.